The van der Waals surface area contributed by atoms with E-state index in [1.165, 1.54) is 0 Å². The van der Waals surface area contributed by atoms with Gasteiger partial charge in [0.15, 0.2) is 5.78 Å². The fourth-order valence-corrected chi connectivity index (χ4v) is 1.59. The average Bonchev–Trinajstić information content (AvgIpc) is 2.07. The Bertz CT molecular complexity index is 277. The maximum Gasteiger partial charge on any atom is 0.346 e. The highest BCUT2D eigenvalue weighted by atomic mass is 16.6. The van der Waals surface area contributed by atoms with Crippen molar-refractivity contribution in [2.24, 2.45) is 0 Å². The first-order chi connectivity index (χ1) is 6.76. The Hall–Kier alpha value is -0.900. The van der Waals surface area contributed by atoms with E-state index >= 15 is 0 Å². The lowest BCUT2D eigenvalue weighted by atomic mass is 9.83. The maximum atomic E-state index is 11.7. The molecule has 0 radical (unpaired) electrons. The molecule has 0 amide bonds. The second-order valence-electron chi connectivity index (χ2n) is 4.99. The molecule has 0 aromatic carbocycles. The van der Waals surface area contributed by atoms with Crippen LogP contribution in [0.3, 0.4) is 0 Å². The predicted octanol–water partition coefficient (Wildman–Crippen LogP) is 1.20. The summed E-state index contributed by atoms with van der Waals surface area (Å²) in [7, 11) is 0. The van der Waals surface area contributed by atoms with Crippen LogP contribution in [0.1, 0.15) is 46.5 Å². The van der Waals surface area contributed by atoms with Gasteiger partial charge in [-0.05, 0) is 40.0 Å². The highest BCUT2D eigenvalue weighted by Gasteiger charge is 2.47. The molecular weight excluding hydrogens is 196 g/mol. The Morgan fingerprint density at radius 3 is 2.47 bits per heavy atom. The summed E-state index contributed by atoms with van der Waals surface area (Å²) in [5, 5.41) is 9.95. The number of hydrogen-bond acceptors (Lipinski definition) is 4. The molecule has 1 aliphatic rings. The number of rotatable bonds is 1. The highest BCUT2D eigenvalue weighted by molar-refractivity contribution is 6.07. The molecule has 0 aliphatic heterocycles. The molecule has 1 N–H and O–H groups in total. The minimum absolute atomic E-state index is 0.181. The highest BCUT2D eigenvalue weighted by Crippen LogP contribution is 2.27. The van der Waals surface area contributed by atoms with E-state index in [0.717, 1.165) is 6.42 Å². The number of Topliss-reactive ketones (excluding diaryl/α,β-unsaturated/α-hetero) is 1. The van der Waals surface area contributed by atoms with Gasteiger partial charge in [-0.1, -0.05) is 0 Å². The van der Waals surface area contributed by atoms with Gasteiger partial charge in [-0.15, -0.1) is 0 Å². The summed E-state index contributed by atoms with van der Waals surface area (Å²) < 4.78 is 5.04. The van der Waals surface area contributed by atoms with E-state index in [2.05, 4.69) is 0 Å². The molecule has 0 aromatic heterocycles. The monoisotopic (exact) mass is 214 g/mol. The minimum Gasteiger partial charge on any atom is -0.457 e. The van der Waals surface area contributed by atoms with Crippen LogP contribution in [-0.4, -0.2) is 28.1 Å². The van der Waals surface area contributed by atoms with Gasteiger partial charge in [0, 0.05) is 6.42 Å². The van der Waals surface area contributed by atoms with E-state index in [4.69, 9.17) is 4.74 Å². The summed E-state index contributed by atoms with van der Waals surface area (Å²) >= 11 is 0. The van der Waals surface area contributed by atoms with Crippen LogP contribution in [0.4, 0.5) is 0 Å². The minimum atomic E-state index is -1.90. The summed E-state index contributed by atoms with van der Waals surface area (Å²) in [6, 6.07) is 0. The molecule has 1 aliphatic carbocycles. The normalized spacial score (nSPS) is 27.6. The second-order valence-corrected chi connectivity index (χ2v) is 4.99. The van der Waals surface area contributed by atoms with Gasteiger partial charge in [-0.2, -0.15) is 0 Å². The zero-order chi connectivity index (χ0) is 11.7. The van der Waals surface area contributed by atoms with Gasteiger partial charge in [-0.25, -0.2) is 4.79 Å². The number of hydrogen-bond donors (Lipinski definition) is 1. The van der Waals surface area contributed by atoms with E-state index in [9.17, 15) is 14.7 Å². The Labute approximate surface area is 89.6 Å². The number of carbonyl (C=O) groups excluding carboxylic acids is 2. The van der Waals surface area contributed by atoms with Gasteiger partial charge in [0.2, 0.25) is 5.60 Å². The van der Waals surface area contributed by atoms with Crippen LogP contribution in [-0.2, 0) is 14.3 Å². The molecule has 4 nitrogen and oxygen atoms in total. The van der Waals surface area contributed by atoms with Crippen LogP contribution >= 0.6 is 0 Å². The van der Waals surface area contributed by atoms with Gasteiger partial charge in [0.05, 0.1) is 0 Å². The maximum absolute atomic E-state index is 11.7. The van der Waals surface area contributed by atoms with Crippen molar-refractivity contribution in [1.82, 2.24) is 0 Å². The van der Waals surface area contributed by atoms with Crippen LogP contribution in [0.2, 0.25) is 0 Å². The zero-order valence-electron chi connectivity index (χ0n) is 9.50. The SMILES string of the molecule is CC(C)(C)OC(=O)[C@]1(O)CCCCC1=O. The topological polar surface area (TPSA) is 63.6 Å². The number of ketones is 1. The van der Waals surface area contributed by atoms with E-state index in [0.29, 0.717) is 6.42 Å². The Balaban J connectivity index is 2.76. The zero-order valence-corrected chi connectivity index (χ0v) is 9.50. The first kappa shape index (κ1) is 12.2. The third-order valence-electron chi connectivity index (χ3n) is 2.39. The molecule has 1 atom stereocenters. The summed E-state index contributed by atoms with van der Waals surface area (Å²) in [6.45, 7) is 5.13. The summed E-state index contributed by atoms with van der Waals surface area (Å²) in [4.78, 5) is 23.1. The molecule has 1 rings (SSSR count). The van der Waals surface area contributed by atoms with E-state index in [1.54, 1.807) is 20.8 Å². The van der Waals surface area contributed by atoms with Crippen molar-refractivity contribution < 1.29 is 19.4 Å². The first-order valence-corrected chi connectivity index (χ1v) is 5.25. The molecular formula is C11H18O4. The van der Waals surface area contributed by atoms with Gasteiger partial charge in [0.25, 0.3) is 0 Å². The van der Waals surface area contributed by atoms with E-state index < -0.39 is 23.0 Å². The second kappa shape index (κ2) is 3.93. The van der Waals surface area contributed by atoms with Gasteiger partial charge in [0.1, 0.15) is 5.60 Å². The molecule has 1 saturated carbocycles. The number of ether oxygens (including phenoxy) is 1. The van der Waals surface area contributed by atoms with Crippen molar-refractivity contribution in [1.29, 1.82) is 0 Å². The molecule has 0 heterocycles. The molecule has 4 heteroatoms. The summed E-state index contributed by atoms with van der Waals surface area (Å²) in [6.07, 6.45) is 1.86. The van der Waals surface area contributed by atoms with E-state index in [-0.39, 0.29) is 12.8 Å². The summed E-state index contributed by atoms with van der Waals surface area (Å²) in [5.41, 5.74) is -2.57. The predicted molar refractivity (Wildman–Crippen MR) is 54.3 cm³/mol. The van der Waals surface area contributed by atoms with Crippen LogP contribution in [0, 0.1) is 0 Å². The number of esters is 1. The molecule has 0 spiro atoms. The van der Waals surface area contributed by atoms with Gasteiger partial charge in [-0.3, -0.25) is 4.79 Å². The molecule has 0 aromatic rings. The third kappa shape index (κ3) is 2.78. The van der Waals surface area contributed by atoms with Crippen LogP contribution in [0.25, 0.3) is 0 Å². The smallest absolute Gasteiger partial charge is 0.346 e. The molecule has 1 fully saturated rings. The largest absolute Gasteiger partial charge is 0.457 e. The van der Waals surface area contributed by atoms with Crippen molar-refractivity contribution in [3.05, 3.63) is 0 Å². The fourth-order valence-electron chi connectivity index (χ4n) is 1.59. The van der Waals surface area contributed by atoms with Crippen molar-refractivity contribution >= 4 is 11.8 Å². The van der Waals surface area contributed by atoms with Crippen molar-refractivity contribution in [3.63, 3.8) is 0 Å². The third-order valence-corrected chi connectivity index (χ3v) is 2.39. The molecule has 0 unspecified atom stereocenters. The Morgan fingerprint density at radius 2 is 2.00 bits per heavy atom. The Kier molecular flexibility index (Phi) is 3.19. The fraction of sp³-hybridized carbons (Fsp3) is 0.818. The lowest BCUT2D eigenvalue weighted by molar-refractivity contribution is -0.182. The average molecular weight is 214 g/mol. The Morgan fingerprint density at radius 1 is 1.40 bits per heavy atom. The molecule has 0 saturated heterocycles. The quantitative estimate of drug-likeness (QED) is 0.526. The summed E-state index contributed by atoms with van der Waals surface area (Å²) in [5.74, 6) is -1.22. The van der Waals surface area contributed by atoms with Crippen LogP contribution in [0.15, 0.2) is 0 Å². The van der Waals surface area contributed by atoms with Crippen molar-refractivity contribution in [2.45, 2.75) is 57.7 Å². The molecule has 86 valence electrons. The molecule has 0 bridgehead atoms. The van der Waals surface area contributed by atoms with Crippen molar-refractivity contribution in [3.8, 4) is 0 Å². The lowest BCUT2D eigenvalue weighted by Gasteiger charge is -2.31. The number of carbonyl (C=O) groups is 2. The van der Waals surface area contributed by atoms with Crippen molar-refractivity contribution in [2.75, 3.05) is 0 Å². The van der Waals surface area contributed by atoms with Crippen LogP contribution in [0.5, 0.6) is 0 Å². The molecule has 15 heavy (non-hydrogen) atoms. The lowest BCUT2D eigenvalue weighted by Crippen LogP contribution is -2.51. The van der Waals surface area contributed by atoms with Gasteiger partial charge < -0.3 is 9.84 Å². The standard InChI is InChI=1S/C11H18O4/c1-10(2,3)15-9(13)11(14)7-5-4-6-8(11)12/h14H,4-7H2,1-3H3/t11-/m0/s1. The van der Waals surface area contributed by atoms with Gasteiger partial charge >= 0.3 is 5.97 Å². The van der Waals surface area contributed by atoms with E-state index in [1.807, 2.05) is 0 Å². The number of aliphatic hydroxyl groups is 1. The first-order valence-electron chi connectivity index (χ1n) is 5.25. The van der Waals surface area contributed by atoms with Crippen LogP contribution < -0.4 is 0 Å².